The predicted octanol–water partition coefficient (Wildman–Crippen LogP) is 5.65. The maximum atomic E-state index is 12.3. The largest absolute Gasteiger partial charge is 0.496 e. The van der Waals surface area contributed by atoms with Crippen LogP contribution in [0.15, 0.2) is 71.3 Å². The number of para-hydroxylation sites is 1. The van der Waals surface area contributed by atoms with Crippen molar-refractivity contribution in [3.05, 3.63) is 83.8 Å². The maximum Gasteiger partial charge on any atom is 0.219 e. The highest BCUT2D eigenvalue weighted by molar-refractivity contribution is 5.73. The van der Waals surface area contributed by atoms with Crippen LogP contribution in [0.5, 0.6) is 11.5 Å². The van der Waals surface area contributed by atoms with Gasteiger partial charge in [-0.2, -0.15) is 0 Å². The van der Waals surface area contributed by atoms with Gasteiger partial charge in [-0.3, -0.25) is 4.79 Å². The molecule has 3 rings (SSSR count). The molecule has 5 heteroatoms. The summed E-state index contributed by atoms with van der Waals surface area (Å²) in [4.78, 5) is 14.1. The fourth-order valence-electron chi connectivity index (χ4n) is 3.73. The van der Waals surface area contributed by atoms with Crippen LogP contribution in [0, 0.1) is 0 Å². The van der Waals surface area contributed by atoms with Crippen LogP contribution in [0.25, 0.3) is 0 Å². The van der Waals surface area contributed by atoms with Gasteiger partial charge in [-0.1, -0.05) is 30.3 Å². The lowest BCUT2D eigenvalue weighted by molar-refractivity contribution is -0.129. The fraction of sp³-hybridized carbons (Fsp3) is 0.346. The van der Waals surface area contributed by atoms with Gasteiger partial charge in [0.25, 0.3) is 0 Å². The van der Waals surface area contributed by atoms with Crippen LogP contribution in [0.3, 0.4) is 0 Å². The number of nitrogens with zero attached hydrogens (tertiary/aromatic N) is 1. The van der Waals surface area contributed by atoms with E-state index in [4.69, 9.17) is 13.9 Å². The lowest BCUT2D eigenvalue weighted by atomic mass is 9.87. The van der Waals surface area contributed by atoms with Crippen LogP contribution in [-0.4, -0.2) is 30.6 Å². The molecule has 1 atom stereocenters. The summed E-state index contributed by atoms with van der Waals surface area (Å²) in [5, 5.41) is 0. The van der Waals surface area contributed by atoms with Gasteiger partial charge in [0.2, 0.25) is 5.91 Å². The Labute approximate surface area is 184 Å². The summed E-state index contributed by atoms with van der Waals surface area (Å²) >= 11 is 0. The second-order valence-corrected chi connectivity index (χ2v) is 7.84. The van der Waals surface area contributed by atoms with Crippen LogP contribution in [-0.2, 0) is 11.3 Å². The van der Waals surface area contributed by atoms with Gasteiger partial charge in [0.1, 0.15) is 17.3 Å². The van der Waals surface area contributed by atoms with Crippen LogP contribution in [0.4, 0.5) is 0 Å². The summed E-state index contributed by atoms with van der Waals surface area (Å²) < 4.78 is 16.9. The molecule has 3 aromatic rings. The minimum Gasteiger partial charge on any atom is -0.496 e. The quantitative estimate of drug-likeness (QED) is 0.425. The molecular formula is C26H31NO4. The number of carbonyl (C=O) groups excluding carboxylic acids is 1. The molecule has 2 aromatic carbocycles. The SMILES string of the molecule is COc1ccccc1C(CCN(Cc1ccco1)C(C)=O)c1ccc(OC(C)C)cc1. The molecule has 0 radical (unpaired) electrons. The Morgan fingerprint density at radius 3 is 2.39 bits per heavy atom. The van der Waals surface area contributed by atoms with Crippen molar-refractivity contribution >= 4 is 5.91 Å². The first-order chi connectivity index (χ1) is 15.0. The molecule has 0 spiro atoms. The third-order valence-corrected chi connectivity index (χ3v) is 5.23. The lowest BCUT2D eigenvalue weighted by Crippen LogP contribution is -2.30. The van der Waals surface area contributed by atoms with Crippen molar-refractivity contribution in [2.24, 2.45) is 0 Å². The van der Waals surface area contributed by atoms with Crippen LogP contribution in [0.1, 0.15) is 50.0 Å². The Morgan fingerprint density at radius 1 is 1.03 bits per heavy atom. The van der Waals surface area contributed by atoms with Gasteiger partial charge < -0.3 is 18.8 Å². The molecule has 0 aliphatic carbocycles. The normalized spacial score (nSPS) is 11.9. The average Bonchev–Trinajstić information content (AvgIpc) is 3.27. The van der Waals surface area contributed by atoms with Crippen LogP contribution in [0.2, 0.25) is 0 Å². The number of methoxy groups -OCH3 is 1. The molecule has 164 valence electrons. The number of amides is 1. The average molecular weight is 422 g/mol. The molecule has 0 saturated heterocycles. The number of carbonyl (C=O) groups is 1. The zero-order valence-electron chi connectivity index (χ0n) is 18.7. The van der Waals surface area contributed by atoms with E-state index >= 15 is 0 Å². The molecule has 0 aliphatic rings. The highest BCUT2D eigenvalue weighted by Crippen LogP contribution is 2.35. The number of furan rings is 1. The van der Waals surface area contributed by atoms with E-state index in [1.54, 1.807) is 20.3 Å². The minimum absolute atomic E-state index is 0.0239. The molecule has 0 saturated carbocycles. The van der Waals surface area contributed by atoms with E-state index in [0.717, 1.165) is 34.8 Å². The smallest absolute Gasteiger partial charge is 0.219 e. The number of hydrogen-bond acceptors (Lipinski definition) is 4. The van der Waals surface area contributed by atoms with Crippen LogP contribution >= 0.6 is 0 Å². The second kappa shape index (κ2) is 10.7. The minimum atomic E-state index is 0.0239. The molecule has 31 heavy (non-hydrogen) atoms. The number of benzene rings is 2. The van der Waals surface area contributed by atoms with E-state index in [9.17, 15) is 4.79 Å². The summed E-state index contributed by atoms with van der Waals surface area (Å²) in [6.45, 7) is 6.69. The first-order valence-electron chi connectivity index (χ1n) is 10.7. The number of hydrogen-bond donors (Lipinski definition) is 0. The number of ether oxygens (including phenoxy) is 2. The molecule has 5 nitrogen and oxygen atoms in total. The molecule has 0 bridgehead atoms. The van der Waals surface area contributed by atoms with Crippen molar-refractivity contribution in [3.63, 3.8) is 0 Å². The topological polar surface area (TPSA) is 51.9 Å². The summed E-state index contributed by atoms with van der Waals surface area (Å²) in [7, 11) is 1.69. The first-order valence-corrected chi connectivity index (χ1v) is 10.7. The fourth-order valence-corrected chi connectivity index (χ4v) is 3.73. The molecule has 1 aromatic heterocycles. The first kappa shape index (κ1) is 22.5. The lowest BCUT2D eigenvalue weighted by Gasteiger charge is -2.25. The monoisotopic (exact) mass is 421 g/mol. The zero-order chi connectivity index (χ0) is 22.2. The van der Waals surface area contributed by atoms with Crippen LogP contribution < -0.4 is 9.47 Å². The van der Waals surface area contributed by atoms with Gasteiger partial charge in [-0.15, -0.1) is 0 Å². The molecule has 1 heterocycles. The third kappa shape index (κ3) is 6.14. The predicted molar refractivity (Wildman–Crippen MR) is 121 cm³/mol. The van der Waals surface area contributed by atoms with E-state index in [-0.39, 0.29) is 17.9 Å². The summed E-state index contributed by atoms with van der Waals surface area (Å²) in [6, 6.07) is 20.0. The molecule has 1 unspecified atom stereocenters. The molecule has 0 aliphatic heterocycles. The van der Waals surface area contributed by atoms with Crippen molar-refractivity contribution in [1.82, 2.24) is 4.90 Å². The summed E-state index contributed by atoms with van der Waals surface area (Å²) in [5.74, 6) is 2.56. The van der Waals surface area contributed by atoms with Gasteiger partial charge in [-0.25, -0.2) is 0 Å². The standard InChI is InChI=1S/C26H31NO4/c1-19(2)31-22-13-11-21(12-14-22)24(25-9-5-6-10-26(25)29-4)15-16-27(20(3)28)18-23-8-7-17-30-23/h5-14,17,19,24H,15-16,18H2,1-4H3. The highest BCUT2D eigenvalue weighted by Gasteiger charge is 2.21. The van der Waals surface area contributed by atoms with E-state index in [0.29, 0.717) is 13.1 Å². The van der Waals surface area contributed by atoms with Crippen molar-refractivity contribution in [2.45, 2.75) is 45.8 Å². The Balaban J connectivity index is 1.86. The summed E-state index contributed by atoms with van der Waals surface area (Å²) in [5.41, 5.74) is 2.26. The zero-order valence-corrected chi connectivity index (χ0v) is 18.7. The van der Waals surface area contributed by atoms with E-state index < -0.39 is 0 Å². The van der Waals surface area contributed by atoms with Crippen molar-refractivity contribution < 1.29 is 18.7 Å². The van der Waals surface area contributed by atoms with Gasteiger partial charge in [-0.05, 0) is 56.2 Å². The van der Waals surface area contributed by atoms with Gasteiger partial charge >= 0.3 is 0 Å². The summed E-state index contributed by atoms with van der Waals surface area (Å²) in [6.07, 6.45) is 2.51. The van der Waals surface area contributed by atoms with Crippen molar-refractivity contribution in [3.8, 4) is 11.5 Å². The van der Waals surface area contributed by atoms with E-state index in [1.807, 2.05) is 61.2 Å². The molecular weight excluding hydrogens is 390 g/mol. The Kier molecular flexibility index (Phi) is 7.76. The van der Waals surface area contributed by atoms with Crippen molar-refractivity contribution in [1.29, 1.82) is 0 Å². The van der Waals surface area contributed by atoms with Gasteiger partial charge in [0.15, 0.2) is 0 Å². The molecule has 0 fully saturated rings. The highest BCUT2D eigenvalue weighted by atomic mass is 16.5. The van der Waals surface area contributed by atoms with Gasteiger partial charge in [0.05, 0.1) is 26.0 Å². The number of rotatable bonds is 10. The van der Waals surface area contributed by atoms with Crippen molar-refractivity contribution in [2.75, 3.05) is 13.7 Å². The maximum absolute atomic E-state index is 12.3. The molecule has 0 N–H and O–H groups in total. The van der Waals surface area contributed by atoms with E-state index in [2.05, 4.69) is 18.2 Å². The third-order valence-electron chi connectivity index (χ3n) is 5.23. The van der Waals surface area contributed by atoms with Gasteiger partial charge in [0, 0.05) is 24.9 Å². The Bertz CT molecular complexity index is 948. The van der Waals surface area contributed by atoms with E-state index in [1.165, 1.54) is 0 Å². The Hall–Kier alpha value is -3.21. The molecule has 1 amide bonds. The second-order valence-electron chi connectivity index (χ2n) is 7.84. The Morgan fingerprint density at radius 2 is 1.77 bits per heavy atom.